The van der Waals surface area contributed by atoms with Crippen LogP contribution in [0.25, 0.3) is 142 Å². The van der Waals surface area contributed by atoms with Gasteiger partial charge >= 0.3 is 0 Å². The molecule has 2 aliphatic rings. The van der Waals surface area contributed by atoms with Crippen LogP contribution in [0.5, 0.6) is 0 Å². The maximum absolute atomic E-state index is 10.1. The van der Waals surface area contributed by atoms with Gasteiger partial charge in [-0.05, 0) is 145 Å². The molecule has 4 aromatic heterocycles. The second-order valence-electron chi connectivity index (χ2n) is 29.6. The maximum atomic E-state index is 10.1. The normalized spacial score (nSPS) is 15.1. The number of thiophene rings is 1. The molecule has 0 fully saturated rings. The molecular weight excluding hydrogens is 1290 g/mol. The zero-order chi connectivity index (χ0) is 84.1. The van der Waals surface area contributed by atoms with Crippen molar-refractivity contribution in [2.45, 2.75) is 52.4 Å². The Morgan fingerprint density at radius 2 is 0.810 bits per heavy atom. The fraction of sp³-hybridized carbons (Fsp3) is 0.0816. The summed E-state index contributed by atoms with van der Waals surface area (Å²) in [7, 11) is 0. The third-order valence-electron chi connectivity index (χ3n) is 21.5. The number of furan rings is 1. The average Bonchev–Trinajstić information content (AvgIpc) is 1.63. The van der Waals surface area contributed by atoms with Gasteiger partial charge in [-0.2, -0.15) is 0 Å². The number of hydrogen-bond acceptors (Lipinski definition) is 4. The number of anilines is 6. The molecule has 21 rings (SSSR count). The van der Waals surface area contributed by atoms with Gasteiger partial charge in [-0.3, -0.25) is 0 Å². The number of benzene rings is 15. The molecule has 498 valence electrons. The van der Waals surface area contributed by atoms with Gasteiger partial charge in [-0.15, -0.1) is 11.3 Å². The highest BCUT2D eigenvalue weighted by molar-refractivity contribution is 7.26. The molecule has 0 amide bonds. The first-order valence-electron chi connectivity index (χ1n) is 43.3. The van der Waals surface area contributed by atoms with E-state index in [4.69, 9.17) is 7.16 Å². The molecule has 7 heteroatoms. The van der Waals surface area contributed by atoms with Crippen LogP contribution < -0.4 is 26.2 Å². The predicted octanol–water partition coefficient (Wildman–Crippen LogP) is 25.5. The average molecular weight is 1380 g/mol. The lowest BCUT2D eigenvalue weighted by Gasteiger charge is -2.45. The molecule has 5 nitrogen and oxygen atoms in total. The molecule has 105 heavy (non-hydrogen) atoms. The van der Waals surface area contributed by atoms with Crippen molar-refractivity contribution in [1.82, 2.24) is 9.13 Å². The van der Waals surface area contributed by atoms with Crippen molar-refractivity contribution in [3.63, 3.8) is 0 Å². The largest absolute Gasteiger partial charge is 0.453 e. The minimum absolute atomic E-state index is 0.0849. The number of para-hydroxylation sites is 6. The number of rotatable bonds is 8. The minimum Gasteiger partial charge on any atom is -0.453 e. The quantitative estimate of drug-likeness (QED) is 0.142. The Morgan fingerprint density at radius 3 is 1.44 bits per heavy atom. The van der Waals surface area contributed by atoms with Crippen molar-refractivity contribution in [2.24, 2.45) is 0 Å². The molecule has 0 unspecified atom stereocenters. The van der Waals surface area contributed by atoms with Crippen LogP contribution in [-0.4, -0.2) is 15.8 Å². The Labute approximate surface area is 636 Å². The molecule has 0 aliphatic carbocycles. The van der Waals surface area contributed by atoms with Crippen LogP contribution in [0.2, 0.25) is 0 Å². The van der Waals surface area contributed by atoms with E-state index in [0.29, 0.717) is 45.3 Å². The zero-order valence-corrected chi connectivity index (χ0v) is 58.9. The Balaban J connectivity index is 0.960. The van der Waals surface area contributed by atoms with Gasteiger partial charge in [0.05, 0.1) is 61.1 Å². The third kappa shape index (κ3) is 9.40. The summed E-state index contributed by atoms with van der Waals surface area (Å²) in [5.74, 6) is 0. The van der Waals surface area contributed by atoms with Gasteiger partial charge in [0.1, 0.15) is 5.58 Å². The van der Waals surface area contributed by atoms with E-state index in [1.165, 1.54) is 4.57 Å². The van der Waals surface area contributed by atoms with Crippen LogP contribution in [0.3, 0.4) is 0 Å². The van der Waals surface area contributed by atoms with E-state index in [2.05, 4.69) is 161 Å². The standard InChI is InChI=1S/C98H71BN4OS/c1-97(2,3)65-52-64(53-66(56-65)98(4,5)6)63-46-49-80-88(55-63)103(87-44-25-37-75-74-35-23-36-76(94(74)104-95(75)87)78-39-24-38-77-73-34-17-22-45-92(73)105-96(77)78)91-59-68(101-84-42-20-15-32-71(84)72-33-16-21-43-85(72)101)58-90-93(91)99(80)81-50-48-67(100-82-40-18-13-30-69(82)70-31-14-19-41-83(70)100)57-89(81)102(90)86-51-47-62(60-26-9-7-10-27-60)54-79(86)61-28-11-8-12-29-61/h7-59H,1-6H3/i13D,14D,15D,16D,18D,19D,20D,21D,30D,31D,32D,33D,40D,41D,42D,43D. The van der Waals surface area contributed by atoms with Crippen LogP contribution in [0.1, 0.15) is 74.6 Å². The first-order valence-corrected chi connectivity index (χ1v) is 36.2. The number of nitrogens with zero attached hydrogens (tertiary/aromatic N) is 4. The van der Waals surface area contributed by atoms with Gasteiger partial charge in [0.25, 0.3) is 6.71 Å². The Hall–Kier alpha value is -12.4. The van der Waals surface area contributed by atoms with Crippen molar-refractivity contribution >= 4 is 154 Å². The van der Waals surface area contributed by atoms with Gasteiger partial charge in [-0.25, -0.2) is 0 Å². The summed E-state index contributed by atoms with van der Waals surface area (Å²) in [6.45, 7) is 12.5. The number of hydrogen-bond donors (Lipinski definition) is 0. The maximum Gasteiger partial charge on any atom is 0.252 e. The smallest absolute Gasteiger partial charge is 0.252 e. The zero-order valence-electron chi connectivity index (χ0n) is 74.0. The molecule has 0 N–H and O–H groups in total. The Bertz CT molecular complexity index is 7670. The molecular formula is C98H71BN4OS. The highest BCUT2D eigenvalue weighted by atomic mass is 32.1. The number of aromatic nitrogens is 2. The molecule has 0 spiro atoms. The summed E-state index contributed by atoms with van der Waals surface area (Å²) >= 11 is 1.73. The van der Waals surface area contributed by atoms with Crippen molar-refractivity contribution in [3.05, 3.63) is 332 Å². The fourth-order valence-electron chi connectivity index (χ4n) is 16.5. The minimum atomic E-state index is -0.779. The summed E-state index contributed by atoms with van der Waals surface area (Å²) in [5, 5.41) is 3.48. The van der Waals surface area contributed by atoms with Crippen LogP contribution in [0, 0.1) is 0 Å². The Kier molecular flexibility index (Phi) is 10.3. The summed E-state index contributed by atoms with van der Waals surface area (Å²) in [5.41, 5.74) is 15.6. The summed E-state index contributed by atoms with van der Waals surface area (Å²) in [6, 6.07) is 67.7. The fourth-order valence-corrected chi connectivity index (χ4v) is 17.7. The number of fused-ring (bicyclic) bond motifs is 16. The van der Waals surface area contributed by atoms with Gasteiger partial charge in [0.15, 0.2) is 5.58 Å². The third-order valence-corrected chi connectivity index (χ3v) is 22.7. The van der Waals surface area contributed by atoms with E-state index in [-0.39, 0.29) is 65.8 Å². The molecule has 2 aliphatic heterocycles. The predicted molar refractivity (Wildman–Crippen MR) is 448 cm³/mol. The van der Waals surface area contributed by atoms with Crippen molar-refractivity contribution < 1.29 is 26.3 Å². The highest BCUT2D eigenvalue weighted by Gasteiger charge is 2.45. The SMILES string of the molecule is [2H]c1c([2H])c([2H])c2c(c1[2H])c1c([2H])c([2H])c([2H])c([2H])c1n2-c1ccc2c(c1)N(c1ccc(-c3ccccc3)cc1-c1ccccc1)c1cc(-n3c4c([2H])c([2H])c([2H])c([2H])c4c4c([2H])c([2H])c([2H])c([2H])c43)cc3c1B2c1ccc(-c2cc(C(C)(C)C)cc(C(C)(C)C)c2)cc1N3c1cccc2c1oc1c(-c3cccc4c3sc3ccccc34)cccc12. The van der Waals surface area contributed by atoms with Crippen molar-refractivity contribution in [2.75, 3.05) is 9.80 Å². The van der Waals surface area contributed by atoms with Gasteiger partial charge < -0.3 is 23.4 Å². The lowest BCUT2D eigenvalue weighted by atomic mass is 9.33. The summed E-state index contributed by atoms with van der Waals surface area (Å²) in [6.07, 6.45) is 0. The van der Waals surface area contributed by atoms with Crippen LogP contribution in [-0.2, 0) is 10.8 Å². The molecule has 15 aromatic carbocycles. The molecule has 6 heterocycles. The molecule has 19 aromatic rings. The molecule has 0 saturated heterocycles. The first-order chi connectivity index (χ1) is 58.0. The van der Waals surface area contributed by atoms with Gasteiger partial charge in [0.2, 0.25) is 0 Å². The van der Waals surface area contributed by atoms with Gasteiger partial charge in [-0.1, -0.05) is 284 Å². The van der Waals surface area contributed by atoms with E-state index in [1.54, 1.807) is 15.9 Å². The summed E-state index contributed by atoms with van der Waals surface area (Å²) < 4.78 is 166. The van der Waals surface area contributed by atoms with E-state index in [0.717, 1.165) is 103 Å². The second-order valence-corrected chi connectivity index (χ2v) is 30.6. The first kappa shape index (κ1) is 47.0. The van der Waals surface area contributed by atoms with Crippen molar-refractivity contribution in [1.29, 1.82) is 0 Å². The molecule has 0 atom stereocenters. The molecule has 0 saturated carbocycles. The van der Waals surface area contributed by atoms with E-state index in [9.17, 15) is 19.2 Å². The van der Waals surface area contributed by atoms with Crippen molar-refractivity contribution in [3.8, 4) is 55.9 Å². The summed E-state index contributed by atoms with van der Waals surface area (Å²) in [4.78, 5) is 4.34. The van der Waals surface area contributed by atoms with E-state index >= 15 is 0 Å². The van der Waals surface area contributed by atoms with Crippen LogP contribution >= 0.6 is 11.3 Å². The lowest BCUT2D eigenvalue weighted by Crippen LogP contribution is -2.61. The monoisotopic (exact) mass is 1380 g/mol. The van der Waals surface area contributed by atoms with E-state index < -0.39 is 103 Å². The molecule has 0 bridgehead atoms. The molecule has 0 radical (unpaired) electrons. The van der Waals surface area contributed by atoms with E-state index in [1.807, 2.05) is 115 Å². The topological polar surface area (TPSA) is 29.5 Å². The van der Waals surface area contributed by atoms with Gasteiger partial charge in [0, 0.05) is 97.6 Å². The van der Waals surface area contributed by atoms with Crippen LogP contribution in [0.4, 0.5) is 34.1 Å². The second kappa shape index (κ2) is 23.0. The van der Waals surface area contributed by atoms with Crippen LogP contribution in [0.15, 0.2) is 326 Å². The lowest BCUT2D eigenvalue weighted by molar-refractivity contribution is 0.569. The Morgan fingerprint density at radius 1 is 0.324 bits per heavy atom. The highest BCUT2D eigenvalue weighted by Crippen LogP contribution is 2.53.